The molecule has 37 heavy (non-hydrogen) atoms. The van der Waals surface area contributed by atoms with Gasteiger partial charge >= 0.3 is 6.09 Å². The van der Waals surface area contributed by atoms with Crippen molar-refractivity contribution in [2.24, 2.45) is 0 Å². The standard InChI is InChI=1S/C25H20F2N4O5S/c1-14(37)28-12-19-13-30(25(33)36-19)18-10-20(26)24(21(27)11-18)29-22-9-16(3-2-4-23(22)32)15-5-7-17(8-6-15)31(34)35/h2-11,19H,12-13H2,1H3,(H,28,37)(H,29,32)/t19-/m0/s1. The first-order valence-corrected chi connectivity index (χ1v) is 11.4. The number of thiocarbonyl (C=S) groups is 1. The fraction of sp³-hybridized carbons (Fsp3) is 0.160. The van der Waals surface area contributed by atoms with Crippen molar-refractivity contribution in [3.8, 4) is 11.1 Å². The summed E-state index contributed by atoms with van der Waals surface area (Å²) >= 11 is 4.93. The summed E-state index contributed by atoms with van der Waals surface area (Å²) in [4.78, 5) is 36.8. The van der Waals surface area contributed by atoms with Crippen LogP contribution in [0.15, 0.2) is 65.5 Å². The van der Waals surface area contributed by atoms with Gasteiger partial charge in [0, 0.05) is 24.3 Å². The van der Waals surface area contributed by atoms with Crippen LogP contribution in [0.3, 0.4) is 0 Å². The van der Waals surface area contributed by atoms with E-state index in [4.69, 9.17) is 17.0 Å². The molecule has 2 N–H and O–H groups in total. The summed E-state index contributed by atoms with van der Waals surface area (Å²) in [5, 5.41) is 16.3. The Kier molecular flexibility index (Phi) is 7.39. The second kappa shape index (κ2) is 10.7. The minimum Gasteiger partial charge on any atom is -0.442 e. The average molecular weight is 527 g/mol. The third kappa shape index (κ3) is 5.86. The molecule has 0 bridgehead atoms. The fourth-order valence-electron chi connectivity index (χ4n) is 3.72. The van der Waals surface area contributed by atoms with Crippen molar-refractivity contribution in [1.82, 2.24) is 5.32 Å². The Morgan fingerprint density at radius 3 is 2.41 bits per heavy atom. The second-order valence-electron chi connectivity index (χ2n) is 8.17. The largest absolute Gasteiger partial charge is 0.442 e. The Labute approximate surface area is 214 Å². The van der Waals surface area contributed by atoms with E-state index in [0.717, 1.165) is 17.0 Å². The van der Waals surface area contributed by atoms with E-state index in [0.29, 0.717) is 16.1 Å². The van der Waals surface area contributed by atoms with Gasteiger partial charge in [-0.15, -0.1) is 0 Å². The van der Waals surface area contributed by atoms with Crippen LogP contribution in [-0.2, 0) is 4.74 Å². The smallest absolute Gasteiger partial charge is 0.414 e. The molecule has 0 aliphatic carbocycles. The Balaban J connectivity index is 1.60. The molecule has 1 aliphatic rings. The molecule has 1 aliphatic heterocycles. The quantitative estimate of drug-likeness (QED) is 0.254. The summed E-state index contributed by atoms with van der Waals surface area (Å²) in [7, 11) is 0. The van der Waals surface area contributed by atoms with Crippen LogP contribution in [0.25, 0.3) is 11.1 Å². The summed E-state index contributed by atoms with van der Waals surface area (Å²) in [6.07, 6.45) is -1.31. The highest BCUT2D eigenvalue weighted by molar-refractivity contribution is 7.80. The number of nitrogens with zero attached hydrogens (tertiary/aromatic N) is 2. The number of ether oxygens (including phenoxy) is 1. The van der Waals surface area contributed by atoms with E-state index in [-0.39, 0.29) is 30.2 Å². The van der Waals surface area contributed by atoms with Crippen LogP contribution in [0, 0.1) is 21.7 Å². The van der Waals surface area contributed by atoms with Crippen LogP contribution in [0.2, 0.25) is 0 Å². The maximum absolute atomic E-state index is 15.0. The van der Waals surface area contributed by atoms with Crippen molar-refractivity contribution in [3.63, 3.8) is 0 Å². The molecule has 0 spiro atoms. The minimum absolute atomic E-state index is 0.0420. The number of nitro benzene ring substituents is 1. The van der Waals surface area contributed by atoms with Crippen molar-refractivity contribution in [2.45, 2.75) is 13.0 Å². The molecule has 12 heteroatoms. The van der Waals surface area contributed by atoms with Gasteiger partial charge < -0.3 is 15.4 Å². The topological polar surface area (TPSA) is 114 Å². The molecule has 0 radical (unpaired) electrons. The van der Waals surface area contributed by atoms with Gasteiger partial charge in [-0.3, -0.25) is 19.8 Å². The number of cyclic esters (lactones) is 1. The van der Waals surface area contributed by atoms with Gasteiger partial charge in [0.15, 0.2) is 11.6 Å². The number of amides is 1. The molecule has 3 aromatic rings. The van der Waals surface area contributed by atoms with E-state index < -0.39 is 39.9 Å². The van der Waals surface area contributed by atoms with Crippen LogP contribution in [-0.4, -0.2) is 35.2 Å². The van der Waals surface area contributed by atoms with Gasteiger partial charge in [0.05, 0.1) is 34.4 Å². The minimum atomic E-state index is -1.03. The van der Waals surface area contributed by atoms with Crippen LogP contribution in [0.1, 0.15) is 6.92 Å². The van der Waals surface area contributed by atoms with E-state index in [1.165, 1.54) is 42.5 Å². The maximum atomic E-state index is 15.0. The molecule has 0 unspecified atom stereocenters. The van der Waals surface area contributed by atoms with Gasteiger partial charge in [-0.2, -0.15) is 0 Å². The molecule has 1 amide bonds. The Morgan fingerprint density at radius 1 is 1.11 bits per heavy atom. The predicted octanol–water partition coefficient (Wildman–Crippen LogP) is 4.91. The van der Waals surface area contributed by atoms with Crippen molar-refractivity contribution < 1.29 is 23.2 Å². The SMILES string of the molecule is CC(=S)NC[C@H]1CN(c2cc(F)c(Nc3cc(-c4ccc([N+](=O)[O-])cc4)cccc3=O)c(F)c2)C(=O)O1. The number of carbonyl (C=O) groups is 1. The zero-order chi connectivity index (χ0) is 26.7. The number of anilines is 3. The Hall–Kier alpha value is -4.45. The lowest BCUT2D eigenvalue weighted by atomic mass is 10.1. The lowest BCUT2D eigenvalue weighted by Gasteiger charge is -2.16. The van der Waals surface area contributed by atoms with Crippen molar-refractivity contribution in [3.05, 3.63) is 92.6 Å². The van der Waals surface area contributed by atoms with Gasteiger partial charge in [0.1, 0.15) is 11.8 Å². The van der Waals surface area contributed by atoms with Crippen LogP contribution >= 0.6 is 12.2 Å². The number of nitro groups is 1. The zero-order valence-corrected chi connectivity index (χ0v) is 20.2. The number of hydrogen-bond donors (Lipinski definition) is 2. The molecule has 4 rings (SSSR count). The number of non-ortho nitro benzene ring substituents is 1. The Bertz CT molecular complexity index is 1430. The summed E-state index contributed by atoms with van der Waals surface area (Å²) in [6.45, 7) is 2.00. The summed E-state index contributed by atoms with van der Waals surface area (Å²) in [5.74, 6) is -2.05. The number of halogens is 2. The van der Waals surface area contributed by atoms with Crippen molar-refractivity contribution >= 4 is 46.0 Å². The molecule has 0 aromatic heterocycles. The second-order valence-corrected chi connectivity index (χ2v) is 8.78. The molecule has 1 fully saturated rings. The van der Waals surface area contributed by atoms with E-state index in [1.807, 2.05) is 0 Å². The number of carbonyl (C=O) groups excluding carboxylic acids is 1. The molecule has 1 atom stereocenters. The van der Waals surface area contributed by atoms with E-state index in [9.17, 15) is 19.7 Å². The number of rotatable bonds is 7. The summed E-state index contributed by atoms with van der Waals surface area (Å²) in [5.41, 5.74) is -0.337. The summed E-state index contributed by atoms with van der Waals surface area (Å²) < 4.78 is 35.3. The first kappa shape index (κ1) is 25.6. The molecule has 9 nitrogen and oxygen atoms in total. The predicted molar refractivity (Wildman–Crippen MR) is 138 cm³/mol. The molecular formula is C25H20F2N4O5S. The number of hydrogen-bond acceptors (Lipinski definition) is 7. The zero-order valence-electron chi connectivity index (χ0n) is 19.4. The normalized spacial score (nSPS) is 14.7. The first-order chi connectivity index (χ1) is 17.6. The average Bonchev–Trinajstić information content (AvgIpc) is 3.13. The van der Waals surface area contributed by atoms with E-state index in [1.54, 1.807) is 13.0 Å². The number of benzene rings is 2. The molecule has 1 heterocycles. The highest BCUT2D eigenvalue weighted by atomic mass is 32.1. The van der Waals surface area contributed by atoms with Gasteiger partial charge in [0.25, 0.3) is 5.69 Å². The van der Waals surface area contributed by atoms with E-state index in [2.05, 4.69) is 10.6 Å². The van der Waals surface area contributed by atoms with Gasteiger partial charge in [-0.1, -0.05) is 24.4 Å². The van der Waals surface area contributed by atoms with Gasteiger partial charge in [0.2, 0.25) is 5.43 Å². The monoisotopic (exact) mass is 526 g/mol. The lowest BCUT2D eigenvalue weighted by molar-refractivity contribution is -0.384. The molecular weight excluding hydrogens is 506 g/mol. The van der Waals surface area contributed by atoms with Gasteiger partial charge in [-0.05, 0) is 42.3 Å². The third-order valence-corrected chi connectivity index (χ3v) is 5.70. The molecule has 190 valence electrons. The van der Waals surface area contributed by atoms with Gasteiger partial charge in [-0.25, -0.2) is 13.6 Å². The number of nitrogens with one attached hydrogen (secondary N) is 2. The Morgan fingerprint density at radius 2 is 1.78 bits per heavy atom. The first-order valence-electron chi connectivity index (χ1n) is 11.0. The van der Waals surface area contributed by atoms with Crippen LogP contribution < -0.4 is 21.0 Å². The van der Waals surface area contributed by atoms with Crippen molar-refractivity contribution in [1.29, 1.82) is 0 Å². The van der Waals surface area contributed by atoms with Crippen molar-refractivity contribution in [2.75, 3.05) is 23.3 Å². The fourth-order valence-corrected chi connectivity index (χ4v) is 3.81. The van der Waals surface area contributed by atoms with E-state index >= 15 is 8.78 Å². The highest BCUT2D eigenvalue weighted by Crippen LogP contribution is 2.31. The molecule has 3 aromatic carbocycles. The van der Waals surface area contributed by atoms with Crippen LogP contribution in [0.4, 0.5) is 36.3 Å². The maximum Gasteiger partial charge on any atom is 0.414 e. The third-order valence-electron chi connectivity index (χ3n) is 5.55. The molecule has 1 saturated heterocycles. The molecule has 0 saturated carbocycles. The highest BCUT2D eigenvalue weighted by Gasteiger charge is 2.33. The lowest BCUT2D eigenvalue weighted by Crippen LogP contribution is -2.32. The van der Waals surface area contributed by atoms with Crippen LogP contribution in [0.5, 0.6) is 0 Å². The summed E-state index contributed by atoms with van der Waals surface area (Å²) in [6, 6.07) is 13.2.